The Labute approximate surface area is 189 Å². The Hall–Kier alpha value is -3.44. The van der Waals surface area contributed by atoms with Gasteiger partial charge in [-0.25, -0.2) is 0 Å². The zero-order valence-electron chi connectivity index (χ0n) is 18.6. The standard InChI is InChI=1S/C27H29N3O2/c1-20(27(32)28-26-11-7-6-10-25(26)23-8-4-3-5-9-23)29-16-18-30(19-17-29)24-14-12-22(13-15-24)21(2)31/h3-15,20H,16-19H2,1-2H3,(H,28,32)/t20-/m1/s1. The van der Waals surface area contributed by atoms with E-state index in [9.17, 15) is 9.59 Å². The smallest absolute Gasteiger partial charge is 0.241 e. The number of ketones is 1. The Bertz CT molecular complexity index is 1070. The number of hydrogen-bond donors (Lipinski definition) is 1. The lowest BCUT2D eigenvalue weighted by molar-refractivity contribution is -0.120. The van der Waals surface area contributed by atoms with Crippen molar-refractivity contribution in [1.82, 2.24) is 4.90 Å². The number of rotatable bonds is 6. The van der Waals surface area contributed by atoms with Crippen LogP contribution in [0.3, 0.4) is 0 Å². The predicted octanol–water partition coefficient (Wildman–Crippen LogP) is 4.71. The second kappa shape index (κ2) is 9.79. The molecule has 1 fully saturated rings. The zero-order chi connectivity index (χ0) is 22.5. The van der Waals surface area contributed by atoms with Gasteiger partial charge >= 0.3 is 0 Å². The van der Waals surface area contributed by atoms with Crippen LogP contribution in [0, 0.1) is 0 Å². The molecule has 0 spiro atoms. The van der Waals surface area contributed by atoms with Crippen molar-refractivity contribution in [3.8, 4) is 11.1 Å². The van der Waals surface area contributed by atoms with Gasteiger partial charge < -0.3 is 10.2 Å². The van der Waals surface area contributed by atoms with Gasteiger partial charge in [0.25, 0.3) is 0 Å². The minimum absolute atomic E-state index is 0.00708. The minimum Gasteiger partial charge on any atom is -0.369 e. The van der Waals surface area contributed by atoms with Crippen molar-refractivity contribution >= 4 is 23.1 Å². The summed E-state index contributed by atoms with van der Waals surface area (Å²) >= 11 is 0. The lowest BCUT2D eigenvalue weighted by atomic mass is 10.0. The van der Waals surface area contributed by atoms with Crippen LogP contribution in [0.1, 0.15) is 24.2 Å². The summed E-state index contributed by atoms with van der Waals surface area (Å²) in [4.78, 5) is 29.1. The van der Waals surface area contributed by atoms with Gasteiger partial charge in [-0.2, -0.15) is 0 Å². The van der Waals surface area contributed by atoms with Gasteiger partial charge in [-0.15, -0.1) is 0 Å². The Morgan fingerprint density at radius 2 is 1.44 bits per heavy atom. The highest BCUT2D eigenvalue weighted by Gasteiger charge is 2.26. The molecule has 0 bridgehead atoms. The monoisotopic (exact) mass is 427 g/mol. The summed E-state index contributed by atoms with van der Waals surface area (Å²) in [6, 6.07) is 25.6. The highest BCUT2D eigenvalue weighted by molar-refractivity contribution is 5.98. The zero-order valence-corrected chi connectivity index (χ0v) is 18.6. The van der Waals surface area contributed by atoms with E-state index in [0.717, 1.165) is 54.2 Å². The summed E-state index contributed by atoms with van der Waals surface area (Å²) < 4.78 is 0. The van der Waals surface area contributed by atoms with Gasteiger partial charge in [0.15, 0.2) is 5.78 Å². The number of benzene rings is 3. The molecule has 1 saturated heterocycles. The molecule has 4 rings (SSSR count). The van der Waals surface area contributed by atoms with Gasteiger partial charge in [-0.05, 0) is 49.7 Å². The molecule has 3 aromatic rings. The van der Waals surface area contributed by atoms with E-state index in [1.54, 1.807) is 6.92 Å². The summed E-state index contributed by atoms with van der Waals surface area (Å²) in [5, 5.41) is 3.14. The predicted molar refractivity (Wildman–Crippen MR) is 130 cm³/mol. The van der Waals surface area contributed by atoms with E-state index in [-0.39, 0.29) is 17.7 Å². The largest absolute Gasteiger partial charge is 0.369 e. The Morgan fingerprint density at radius 1 is 0.812 bits per heavy atom. The van der Waals surface area contributed by atoms with Crippen LogP contribution in [0.2, 0.25) is 0 Å². The van der Waals surface area contributed by atoms with Crippen LogP contribution in [0.4, 0.5) is 11.4 Å². The fourth-order valence-electron chi connectivity index (χ4n) is 4.14. The van der Waals surface area contributed by atoms with Gasteiger partial charge in [0.05, 0.1) is 6.04 Å². The summed E-state index contributed by atoms with van der Waals surface area (Å²) in [6.07, 6.45) is 0. The average molecular weight is 428 g/mol. The highest BCUT2D eigenvalue weighted by Crippen LogP contribution is 2.28. The molecular formula is C27H29N3O2. The molecule has 0 radical (unpaired) electrons. The number of piperazine rings is 1. The Balaban J connectivity index is 1.37. The Kier molecular flexibility index (Phi) is 6.66. The first-order chi connectivity index (χ1) is 15.5. The molecule has 0 aliphatic carbocycles. The molecule has 3 aromatic carbocycles. The molecule has 5 heteroatoms. The summed E-state index contributed by atoms with van der Waals surface area (Å²) in [5.74, 6) is 0.0858. The SMILES string of the molecule is CC(=O)c1ccc(N2CCN([C@H](C)C(=O)Nc3ccccc3-c3ccccc3)CC2)cc1. The van der Waals surface area contributed by atoms with Crippen molar-refractivity contribution in [1.29, 1.82) is 0 Å². The number of carbonyl (C=O) groups excluding carboxylic acids is 2. The molecule has 1 amide bonds. The second-order valence-electron chi connectivity index (χ2n) is 8.20. The van der Waals surface area contributed by atoms with Gasteiger partial charge in [-0.1, -0.05) is 48.5 Å². The van der Waals surface area contributed by atoms with Crippen molar-refractivity contribution in [2.45, 2.75) is 19.9 Å². The fourth-order valence-corrected chi connectivity index (χ4v) is 4.14. The van der Waals surface area contributed by atoms with E-state index in [1.807, 2.05) is 73.7 Å². The number of amides is 1. The molecule has 5 nitrogen and oxygen atoms in total. The number of anilines is 2. The van der Waals surface area contributed by atoms with E-state index in [1.165, 1.54) is 0 Å². The number of carbonyl (C=O) groups is 2. The highest BCUT2D eigenvalue weighted by atomic mass is 16.2. The number of nitrogens with zero attached hydrogens (tertiary/aromatic N) is 2. The van der Waals surface area contributed by atoms with Crippen LogP contribution in [0.15, 0.2) is 78.9 Å². The van der Waals surface area contributed by atoms with Gasteiger partial charge in [0, 0.05) is 48.7 Å². The molecule has 164 valence electrons. The van der Waals surface area contributed by atoms with Crippen LogP contribution in [0.25, 0.3) is 11.1 Å². The molecule has 32 heavy (non-hydrogen) atoms. The number of Topliss-reactive ketones (excluding diaryl/α,β-unsaturated/α-hetero) is 1. The van der Waals surface area contributed by atoms with Crippen LogP contribution in [0.5, 0.6) is 0 Å². The van der Waals surface area contributed by atoms with Gasteiger partial charge in [0.2, 0.25) is 5.91 Å². The maximum atomic E-state index is 13.0. The molecule has 1 N–H and O–H groups in total. The average Bonchev–Trinajstić information content (AvgIpc) is 2.84. The molecule has 1 aliphatic heterocycles. The molecule has 1 aliphatic rings. The lowest BCUT2D eigenvalue weighted by Gasteiger charge is -2.38. The molecule has 0 aromatic heterocycles. The number of nitrogens with one attached hydrogen (secondary N) is 1. The second-order valence-corrected chi connectivity index (χ2v) is 8.20. The normalized spacial score (nSPS) is 15.2. The lowest BCUT2D eigenvalue weighted by Crippen LogP contribution is -2.52. The van der Waals surface area contributed by atoms with E-state index >= 15 is 0 Å². The first-order valence-corrected chi connectivity index (χ1v) is 11.1. The molecule has 1 heterocycles. The number of hydrogen-bond acceptors (Lipinski definition) is 4. The third-order valence-electron chi connectivity index (χ3n) is 6.15. The van der Waals surface area contributed by atoms with Crippen molar-refractivity contribution in [2.75, 3.05) is 36.4 Å². The van der Waals surface area contributed by atoms with Crippen LogP contribution in [-0.4, -0.2) is 48.8 Å². The quantitative estimate of drug-likeness (QED) is 0.579. The van der Waals surface area contributed by atoms with Gasteiger partial charge in [-0.3, -0.25) is 14.5 Å². The third-order valence-corrected chi connectivity index (χ3v) is 6.15. The summed E-state index contributed by atoms with van der Waals surface area (Å²) in [7, 11) is 0. The third kappa shape index (κ3) is 4.89. The van der Waals surface area contributed by atoms with Gasteiger partial charge in [0.1, 0.15) is 0 Å². The van der Waals surface area contributed by atoms with E-state index in [2.05, 4.69) is 27.2 Å². The number of para-hydroxylation sites is 1. The van der Waals surface area contributed by atoms with E-state index in [4.69, 9.17) is 0 Å². The van der Waals surface area contributed by atoms with Crippen molar-refractivity contribution in [3.63, 3.8) is 0 Å². The maximum Gasteiger partial charge on any atom is 0.241 e. The molecular weight excluding hydrogens is 398 g/mol. The Morgan fingerprint density at radius 3 is 2.09 bits per heavy atom. The van der Waals surface area contributed by atoms with Crippen LogP contribution in [-0.2, 0) is 4.79 Å². The van der Waals surface area contributed by atoms with Crippen LogP contribution >= 0.6 is 0 Å². The van der Waals surface area contributed by atoms with Crippen molar-refractivity contribution in [2.24, 2.45) is 0 Å². The fraction of sp³-hybridized carbons (Fsp3) is 0.259. The van der Waals surface area contributed by atoms with Crippen molar-refractivity contribution < 1.29 is 9.59 Å². The summed E-state index contributed by atoms with van der Waals surface area (Å²) in [5.41, 5.74) is 4.78. The first-order valence-electron chi connectivity index (χ1n) is 11.1. The van der Waals surface area contributed by atoms with E-state index < -0.39 is 0 Å². The van der Waals surface area contributed by atoms with Crippen LogP contribution < -0.4 is 10.2 Å². The van der Waals surface area contributed by atoms with E-state index in [0.29, 0.717) is 0 Å². The van der Waals surface area contributed by atoms with Crippen molar-refractivity contribution in [3.05, 3.63) is 84.4 Å². The molecule has 0 saturated carbocycles. The maximum absolute atomic E-state index is 13.0. The molecule has 0 unspecified atom stereocenters. The molecule has 1 atom stereocenters. The minimum atomic E-state index is -0.221. The topological polar surface area (TPSA) is 52.7 Å². The first kappa shape index (κ1) is 21.8. The summed E-state index contributed by atoms with van der Waals surface area (Å²) in [6.45, 7) is 6.86.